The summed E-state index contributed by atoms with van der Waals surface area (Å²) in [6.45, 7) is 5.68. The highest BCUT2D eigenvalue weighted by atomic mass is 32.1. The Morgan fingerprint density at radius 1 is 1.30 bits per heavy atom. The van der Waals surface area contributed by atoms with Gasteiger partial charge in [0.15, 0.2) is 10.9 Å². The molecule has 0 aliphatic carbocycles. The van der Waals surface area contributed by atoms with E-state index in [1.54, 1.807) is 37.3 Å². The minimum atomic E-state index is -0.652. The molecule has 2 atom stereocenters. The van der Waals surface area contributed by atoms with Crippen molar-refractivity contribution in [3.05, 3.63) is 71.6 Å². The lowest BCUT2D eigenvalue weighted by Crippen LogP contribution is -2.35. The number of halogens is 1. The third kappa shape index (κ3) is 3.59. The van der Waals surface area contributed by atoms with Gasteiger partial charge in [0.25, 0.3) is 0 Å². The Kier molecular flexibility index (Phi) is 5.05. The largest absolute Gasteiger partial charge is 0.436 e. The summed E-state index contributed by atoms with van der Waals surface area (Å²) in [5.74, 6) is -1.71. The first-order valence-corrected chi connectivity index (χ1v) is 8.61. The van der Waals surface area contributed by atoms with E-state index in [1.807, 2.05) is 0 Å². The Labute approximate surface area is 161 Å². The van der Waals surface area contributed by atoms with Gasteiger partial charge in [0, 0.05) is 23.7 Å². The van der Waals surface area contributed by atoms with Crippen molar-refractivity contribution in [3.8, 4) is 0 Å². The first-order valence-electron chi connectivity index (χ1n) is 8.20. The zero-order valence-electron chi connectivity index (χ0n) is 14.6. The highest BCUT2D eigenvalue weighted by Gasteiger charge is 2.38. The van der Waals surface area contributed by atoms with E-state index in [9.17, 15) is 9.18 Å². The van der Waals surface area contributed by atoms with Crippen LogP contribution in [0.15, 0.2) is 49.0 Å². The Morgan fingerprint density at radius 3 is 2.56 bits per heavy atom. The number of thiocarbonyl (C=S) groups is 1. The van der Waals surface area contributed by atoms with Crippen LogP contribution in [0.25, 0.3) is 5.57 Å². The van der Waals surface area contributed by atoms with E-state index in [-0.39, 0.29) is 16.8 Å². The van der Waals surface area contributed by atoms with Crippen molar-refractivity contribution < 1.29 is 13.9 Å². The Bertz CT molecular complexity index is 956. The van der Waals surface area contributed by atoms with Crippen LogP contribution >= 0.6 is 12.2 Å². The van der Waals surface area contributed by atoms with E-state index in [0.29, 0.717) is 22.4 Å². The molecule has 1 amide bonds. The van der Waals surface area contributed by atoms with Gasteiger partial charge in [-0.2, -0.15) is 0 Å². The third-order valence-corrected chi connectivity index (χ3v) is 4.52. The molecule has 7 heteroatoms. The summed E-state index contributed by atoms with van der Waals surface area (Å²) in [6, 6.07) is 10.6. The fourth-order valence-electron chi connectivity index (χ4n) is 3.31. The molecule has 0 saturated heterocycles. The van der Waals surface area contributed by atoms with Crippen LogP contribution in [0, 0.1) is 17.1 Å². The van der Waals surface area contributed by atoms with Gasteiger partial charge >= 0.3 is 0 Å². The number of ether oxygens (including phenoxy) is 1. The van der Waals surface area contributed by atoms with Crippen molar-refractivity contribution in [2.45, 2.75) is 13.0 Å². The number of hydrogen-bond acceptors (Lipinski definition) is 5. The van der Waals surface area contributed by atoms with Gasteiger partial charge in [0.1, 0.15) is 5.82 Å². The van der Waals surface area contributed by atoms with Gasteiger partial charge in [-0.15, -0.1) is 0 Å². The number of carbonyl (C=O) groups excluding carboxylic acids is 1. The number of primary amides is 1. The van der Waals surface area contributed by atoms with E-state index in [0.717, 1.165) is 5.56 Å². The molecule has 0 radical (unpaired) electrons. The molecule has 1 heterocycles. The fourth-order valence-corrected chi connectivity index (χ4v) is 3.40. The van der Waals surface area contributed by atoms with Crippen LogP contribution in [0.1, 0.15) is 34.5 Å². The van der Waals surface area contributed by atoms with Crippen molar-refractivity contribution in [2.24, 2.45) is 11.7 Å². The summed E-state index contributed by atoms with van der Waals surface area (Å²) in [5.41, 5.74) is 8.27. The number of nitrogens with one attached hydrogen (secondary N) is 2. The second-order valence-electron chi connectivity index (χ2n) is 6.23. The Balaban J connectivity index is 2.14. The lowest BCUT2D eigenvalue weighted by atomic mass is 9.78. The highest BCUT2D eigenvalue weighted by molar-refractivity contribution is 7.80. The van der Waals surface area contributed by atoms with E-state index in [2.05, 4.69) is 11.9 Å². The molecule has 0 spiro atoms. The predicted octanol–water partition coefficient (Wildman–Crippen LogP) is 4.06. The average Bonchev–Trinajstić information content (AvgIpc) is 2.60. The summed E-state index contributed by atoms with van der Waals surface area (Å²) >= 11 is 4.96. The van der Waals surface area contributed by atoms with Gasteiger partial charge in [-0.3, -0.25) is 10.2 Å². The first kappa shape index (κ1) is 18.7. The maximum Gasteiger partial charge on any atom is 0.249 e. The molecular formula is C20H18FN3O2S. The maximum atomic E-state index is 13.4. The summed E-state index contributed by atoms with van der Waals surface area (Å²) in [6.07, 6.45) is 0. The van der Waals surface area contributed by atoms with Crippen LogP contribution in [0.4, 0.5) is 10.1 Å². The molecule has 27 heavy (non-hydrogen) atoms. The molecule has 5 nitrogen and oxygen atoms in total. The number of rotatable bonds is 3. The van der Waals surface area contributed by atoms with Crippen LogP contribution in [0.2, 0.25) is 0 Å². The fraction of sp³-hybridized carbons (Fsp3) is 0.150. The molecule has 1 aliphatic rings. The predicted molar refractivity (Wildman–Crippen MR) is 107 cm³/mol. The number of benzene rings is 2. The zero-order valence-corrected chi connectivity index (χ0v) is 15.4. The van der Waals surface area contributed by atoms with Crippen molar-refractivity contribution in [3.63, 3.8) is 0 Å². The lowest BCUT2D eigenvalue weighted by molar-refractivity contribution is 0.1000. The lowest BCUT2D eigenvalue weighted by Gasteiger charge is -2.37. The molecule has 2 unspecified atom stereocenters. The maximum absolute atomic E-state index is 13.4. The molecule has 0 bridgehead atoms. The minimum absolute atomic E-state index is 0.112. The van der Waals surface area contributed by atoms with E-state index >= 15 is 0 Å². The highest BCUT2D eigenvalue weighted by Crippen LogP contribution is 2.45. The second-order valence-corrected chi connectivity index (χ2v) is 6.80. The first-order chi connectivity index (χ1) is 12.8. The molecule has 0 fully saturated rings. The van der Waals surface area contributed by atoms with Crippen molar-refractivity contribution in [1.82, 2.24) is 0 Å². The summed E-state index contributed by atoms with van der Waals surface area (Å²) < 4.78 is 18.7. The van der Waals surface area contributed by atoms with Crippen molar-refractivity contribution >= 4 is 40.3 Å². The molecule has 0 saturated carbocycles. The molecule has 0 aromatic heterocycles. The van der Waals surface area contributed by atoms with E-state index in [1.165, 1.54) is 12.1 Å². The SMILES string of the molecule is C=C1c2c(cccc2C(N)=O)NC(c2ccc(F)cc2)C1C(=N)OC(C)=S. The number of carbonyl (C=O) groups is 1. The van der Waals surface area contributed by atoms with Crippen LogP contribution in [0.3, 0.4) is 0 Å². The molecular weight excluding hydrogens is 365 g/mol. The summed E-state index contributed by atoms with van der Waals surface area (Å²) in [5, 5.41) is 11.9. The molecule has 3 rings (SSSR count). The van der Waals surface area contributed by atoms with Crippen molar-refractivity contribution in [2.75, 3.05) is 5.32 Å². The smallest absolute Gasteiger partial charge is 0.249 e. The molecule has 4 N–H and O–H groups in total. The second kappa shape index (κ2) is 7.28. The Morgan fingerprint density at radius 2 is 1.96 bits per heavy atom. The summed E-state index contributed by atoms with van der Waals surface area (Å²) in [4.78, 5) is 11.9. The van der Waals surface area contributed by atoms with Gasteiger partial charge in [-0.05, 0) is 47.6 Å². The van der Waals surface area contributed by atoms with E-state index in [4.69, 9.17) is 28.1 Å². The quantitative estimate of drug-likeness (QED) is 0.424. The van der Waals surface area contributed by atoms with Crippen molar-refractivity contribution in [1.29, 1.82) is 5.41 Å². The average molecular weight is 383 g/mol. The minimum Gasteiger partial charge on any atom is -0.436 e. The van der Waals surface area contributed by atoms with Gasteiger partial charge in [-0.25, -0.2) is 4.39 Å². The number of anilines is 1. The normalized spacial score (nSPS) is 18.2. The molecule has 2 aromatic carbocycles. The van der Waals surface area contributed by atoms with Gasteiger partial charge in [0.2, 0.25) is 5.91 Å². The number of nitrogens with two attached hydrogens (primary N) is 1. The van der Waals surface area contributed by atoms with Gasteiger partial charge < -0.3 is 15.8 Å². The zero-order chi connectivity index (χ0) is 19.7. The molecule has 1 aliphatic heterocycles. The van der Waals surface area contributed by atoms with Crippen LogP contribution in [-0.4, -0.2) is 16.9 Å². The van der Waals surface area contributed by atoms with Crippen LogP contribution in [-0.2, 0) is 4.74 Å². The third-order valence-electron chi connectivity index (χ3n) is 4.44. The van der Waals surface area contributed by atoms with Gasteiger partial charge in [0.05, 0.1) is 12.0 Å². The topological polar surface area (TPSA) is 88.2 Å². The standard InChI is InChI=1S/C20H18FN3O2S/c1-10-16-14(19(22)25)4-3-5-15(16)24-18(12-6-8-13(21)9-7-12)17(10)20(23)26-11(2)27/h3-9,17-18,23-24H,1H2,2H3,(H2,22,25). The monoisotopic (exact) mass is 383 g/mol. The van der Waals surface area contributed by atoms with Crippen LogP contribution in [0.5, 0.6) is 0 Å². The number of fused-ring (bicyclic) bond motifs is 1. The number of amides is 1. The Hall–Kier alpha value is -3.06. The summed E-state index contributed by atoms with van der Waals surface area (Å²) in [7, 11) is 0. The molecule has 2 aromatic rings. The van der Waals surface area contributed by atoms with Gasteiger partial charge in [-0.1, -0.05) is 24.8 Å². The van der Waals surface area contributed by atoms with E-state index < -0.39 is 17.9 Å². The van der Waals surface area contributed by atoms with Crippen LogP contribution < -0.4 is 11.1 Å². The molecule has 138 valence electrons. The number of hydrogen-bond donors (Lipinski definition) is 3.